The third kappa shape index (κ3) is 3.34. The number of benzene rings is 4. The standard InChI is InChI=1S/C40H39N3/c1-24-19-25(2)21-26(20-24)42(34-17-9-10-18-41-34)27-22-32-37-33(23-27)40(7,8)31-16-12-14-29-36(31)43(37)35-28(38(29,3)4)13-11-15-30(35)39(32,5)6/h9-23H,1-8H3. The molecule has 0 N–H and O–H groups in total. The van der Waals surface area contributed by atoms with Gasteiger partial charge >= 0.3 is 0 Å². The molecular weight excluding hydrogens is 522 g/mol. The molecule has 0 amide bonds. The Morgan fingerprint density at radius 2 is 0.953 bits per heavy atom. The van der Waals surface area contributed by atoms with Gasteiger partial charge in [0.1, 0.15) is 5.82 Å². The Bertz CT molecular complexity index is 1870. The number of hydrogen-bond donors (Lipinski definition) is 0. The molecule has 0 aliphatic carbocycles. The van der Waals surface area contributed by atoms with E-state index in [0.717, 1.165) is 17.2 Å². The lowest BCUT2D eigenvalue weighted by molar-refractivity contribution is 0.566. The van der Waals surface area contributed by atoms with E-state index in [4.69, 9.17) is 4.98 Å². The van der Waals surface area contributed by atoms with Gasteiger partial charge in [0.2, 0.25) is 0 Å². The average molecular weight is 562 g/mol. The molecule has 5 aromatic rings. The molecule has 0 saturated heterocycles. The second-order valence-electron chi connectivity index (χ2n) is 14.4. The highest BCUT2D eigenvalue weighted by Gasteiger charge is 2.51. The van der Waals surface area contributed by atoms with Gasteiger partial charge in [-0.15, -0.1) is 0 Å². The normalized spacial score (nSPS) is 17.3. The fourth-order valence-corrected chi connectivity index (χ4v) is 8.28. The van der Waals surface area contributed by atoms with Crippen LogP contribution in [-0.4, -0.2) is 4.98 Å². The van der Waals surface area contributed by atoms with E-state index >= 15 is 0 Å². The summed E-state index contributed by atoms with van der Waals surface area (Å²) in [6.45, 7) is 18.8. The van der Waals surface area contributed by atoms with Gasteiger partial charge in [-0.3, -0.25) is 4.90 Å². The van der Waals surface area contributed by atoms with Crippen LogP contribution in [0.5, 0.6) is 0 Å². The Morgan fingerprint density at radius 1 is 0.512 bits per heavy atom. The van der Waals surface area contributed by atoms with Gasteiger partial charge in [0.25, 0.3) is 0 Å². The van der Waals surface area contributed by atoms with Crippen molar-refractivity contribution < 1.29 is 0 Å². The van der Waals surface area contributed by atoms with Crippen LogP contribution in [-0.2, 0) is 16.2 Å². The zero-order chi connectivity index (χ0) is 30.1. The van der Waals surface area contributed by atoms with E-state index in [1.807, 2.05) is 12.3 Å². The van der Waals surface area contributed by atoms with Crippen molar-refractivity contribution in [3.63, 3.8) is 0 Å². The highest BCUT2D eigenvalue weighted by Crippen LogP contribution is 2.66. The zero-order valence-corrected chi connectivity index (χ0v) is 26.5. The van der Waals surface area contributed by atoms with Gasteiger partial charge in [-0.05, 0) is 94.8 Å². The summed E-state index contributed by atoms with van der Waals surface area (Å²) in [7, 11) is 0. The minimum atomic E-state index is -0.198. The first-order valence-electron chi connectivity index (χ1n) is 15.5. The van der Waals surface area contributed by atoms with Gasteiger partial charge in [0.15, 0.2) is 0 Å². The maximum Gasteiger partial charge on any atom is 0.137 e. The summed E-state index contributed by atoms with van der Waals surface area (Å²) in [6, 6.07) is 31.9. The minimum Gasteiger partial charge on any atom is -0.309 e. The Kier molecular flexibility index (Phi) is 5.12. The van der Waals surface area contributed by atoms with Crippen molar-refractivity contribution in [2.75, 3.05) is 9.80 Å². The number of aryl methyl sites for hydroxylation is 2. The summed E-state index contributed by atoms with van der Waals surface area (Å²) in [4.78, 5) is 9.86. The van der Waals surface area contributed by atoms with Gasteiger partial charge in [-0.1, -0.05) is 90.1 Å². The third-order valence-electron chi connectivity index (χ3n) is 10.5. The largest absolute Gasteiger partial charge is 0.309 e. The van der Waals surface area contributed by atoms with Crippen LogP contribution >= 0.6 is 0 Å². The molecule has 0 bridgehead atoms. The fraction of sp³-hybridized carbons (Fsp3) is 0.275. The Labute approximate surface area is 255 Å². The molecule has 4 heterocycles. The third-order valence-corrected chi connectivity index (χ3v) is 10.5. The molecular formula is C40H39N3. The molecule has 43 heavy (non-hydrogen) atoms. The average Bonchev–Trinajstić information content (AvgIpc) is 2.96. The van der Waals surface area contributed by atoms with E-state index in [1.54, 1.807) is 0 Å². The van der Waals surface area contributed by atoms with Gasteiger partial charge < -0.3 is 4.90 Å². The highest BCUT2D eigenvalue weighted by atomic mass is 15.2. The van der Waals surface area contributed by atoms with Crippen molar-refractivity contribution in [2.45, 2.75) is 71.6 Å². The van der Waals surface area contributed by atoms with Gasteiger partial charge in [0.05, 0.1) is 17.1 Å². The van der Waals surface area contributed by atoms with Crippen molar-refractivity contribution in [3.8, 4) is 0 Å². The molecule has 0 atom stereocenters. The van der Waals surface area contributed by atoms with Crippen LogP contribution in [0.15, 0.2) is 91.1 Å². The molecule has 1 aromatic heterocycles. The highest BCUT2D eigenvalue weighted by molar-refractivity contribution is 5.99. The number of nitrogens with zero attached hydrogens (tertiary/aromatic N) is 3. The van der Waals surface area contributed by atoms with Crippen molar-refractivity contribution in [1.29, 1.82) is 0 Å². The monoisotopic (exact) mass is 561 g/mol. The van der Waals surface area contributed by atoms with Crippen molar-refractivity contribution in [1.82, 2.24) is 4.98 Å². The molecule has 0 saturated carbocycles. The summed E-state index contributed by atoms with van der Waals surface area (Å²) in [5.41, 5.74) is 16.7. The second-order valence-corrected chi connectivity index (χ2v) is 14.4. The van der Waals surface area contributed by atoms with E-state index in [9.17, 15) is 0 Å². The summed E-state index contributed by atoms with van der Waals surface area (Å²) >= 11 is 0. The van der Waals surface area contributed by atoms with Crippen LogP contribution < -0.4 is 9.80 Å². The number of pyridine rings is 1. The van der Waals surface area contributed by atoms with E-state index in [-0.39, 0.29) is 16.2 Å². The summed E-state index contributed by atoms with van der Waals surface area (Å²) in [5, 5.41) is 0. The molecule has 8 rings (SSSR count). The fourth-order valence-electron chi connectivity index (χ4n) is 8.28. The molecule has 0 fully saturated rings. The first kappa shape index (κ1) is 26.3. The van der Waals surface area contributed by atoms with Gasteiger partial charge in [0, 0.05) is 33.8 Å². The molecule has 3 nitrogen and oxygen atoms in total. The topological polar surface area (TPSA) is 19.4 Å². The quantitative estimate of drug-likeness (QED) is 0.218. The zero-order valence-electron chi connectivity index (χ0n) is 26.5. The summed E-state index contributed by atoms with van der Waals surface area (Å²) in [5.74, 6) is 0.923. The van der Waals surface area contributed by atoms with Gasteiger partial charge in [-0.25, -0.2) is 4.98 Å². The number of rotatable bonds is 3. The van der Waals surface area contributed by atoms with E-state index < -0.39 is 0 Å². The van der Waals surface area contributed by atoms with Crippen LogP contribution in [0, 0.1) is 13.8 Å². The molecule has 3 aliphatic heterocycles. The lowest BCUT2D eigenvalue weighted by Gasteiger charge is -2.55. The number of hydrogen-bond acceptors (Lipinski definition) is 3. The number of anilines is 6. The summed E-state index contributed by atoms with van der Waals surface area (Å²) < 4.78 is 0. The van der Waals surface area contributed by atoms with Crippen LogP contribution in [0.1, 0.15) is 86.1 Å². The Morgan fingerprint density at radius 3 is 1.42 bits per heavy atom. The van der Waals surface area contributed by atoms with Crippen LogP contribution in [0.25, 0.3) is 0 Å². The lowest BCUT2D eigenvalue weighted by atomic mass is 9.61. The van der Waals surface area contributed by atoms with E-state index in [1.165, 1.54) is 61.6 Å². The molecule has 214 valence electrons. The molecule has 0 spiro atoms. The summed E-state index contributed by atoms with van der Waals surface area (Å²) in [6.07, 6.45) is 1.90. The predicted molar refractivity (Wildman–Crippen MR) is 179 cm³/mol. The van der Waals surface area contributed by atoms with Crippen molar-refractivity contribution in [2.24, 2.45) is 0 Å². The maximum atomic E-state index is 4.88. The number of aromatic nitrogens is 1. The smallest absolute Gasteiger partial charge is 0.137 e. The Balaban J connectivity index is 1.50. The lowest BCUT2D eigenvalue weighted by Crippen LogP contribution is -2.43. The molecule has 0 radical (unpaired) electrons. The van der Waals surface area contributed by atoms with Gasteiger partial charge in [-0.2, -0.15) is 0 Å². The van der Waals surface area contributed by atoms with Crippen molar-refractivity contribution >= 4 is 34.3 Å². The van der Waals surface area contributed by atoms with Crippen LogP contribution in [0.4, 0.5) is 34.3 Å². The SMILES string of the molecule is Cc1cc(C)cc(N(c2cc3c4c(c2)C(C)(C)c2cccc5c2N4c2c(cccc2C3(C)C)C5(C)C)c2ccccn2)c1. The van der Waals surface area contributed by atoms with E-state index in [0.29, 0.717) is 0 Å². The van der Waals surface area contributed by atoms with Crippen LogP contribution in [0.3, 0.4) is 0 Å². The van der Waals surface area contributed by atoms with Crippen molar-refractivity contribution in [3.05, 3.63) is 136 Å². The molecule has 0 unspecified atom stereocenters. The Hall–Kier alpha value is -4.37. The second kappa shape index (κ2) is 8.38. The van der Waals surface area contributed by atoms with Crippen LogP contribution in [0.2, 0.25) is 0 Å². The molecule has 3 aliphatic rings. The molecule has 3 heteroatoms. The van der Waals surface area contributed by atoms with E-state index in [2.05, 4.69) is 144 Å². The predicted octanol–water partition coefficient (Wildman–Crippen LogP) is 10.6. The maximum absolute atomic E-state index is 4.88. The first-order chi connectivity index (χ1) is 20.4. The first-order valence-corrected chi connectivity index (χ1v) is 15.5. The minimum absolute atomic E-state index is 0.0902. The number of para-hydroxylation sites is 2. The molecule has 4 aromatic carbocycles.